The molecule has 2 fully saturated rings. The van der Waals surface area contributed by atoms with Gasteiger partial charge in [0.15, 0.2) is 0 Å². The number of carbonyl (C=O) groups is 3. The van der Waals surface area contributed by atoms with Crippen molar-refractivity contribution in [1.29, 1.82) is 0 Å². The van der Waals surface area contributed by atoms with Crippen molar-refractivity contribution in [1.82, 2.24) is 4.90 Å². The number of amides is 2. The molecule has 186 valence electrons. The van der Waals surface area contributed by atoms with E-state index in [2.05, 4.69) is 0 Å². The van der Waals surface area contributed by atoms with E-state index in [0.717, 1.165) is 55.3 Å². The predicted octanol–water partition coefficient (Wildman–Crippen LogP) is 4.75. The van der Waals surface area contributed by atoms with Gasteiger partial charge in [0, 0.05) is 24.7 Å². The molecule has 1 atom stereocenters. The molecule has 0 aromatic heterocycles. The molecule has 0 unspecified atom stereocenters. The number of hydrogen-bond donors (Lipinski definition) is 0. The summed E-state index contributed by atoms with van der Waals surface area (Å²) in [4.78, 5) is 42.4. The number of anilines is 1. The lowest BCUT2D eigenvalue weighted by molar-refractivity contribution is -0.151. The lowest BCUT2D eigenvalue weighted by Gasteiger charge is -2.31. The molecule has 35 heavy (non-hydrogen) atoms. The van der Waals surface area contributed by atoms with Crippen molar-refractivity contribution in [3.63, 3.8) is 0 Å². The number of piperidine rings is 1. The second-order valence-electron chi connectivity index (χ2n) is 9.67. The quantitative estimate of drug-likeness (QED) is 0.516. The molecule has 6 heteroatoms. The third kappa shape index (κ3) is 6.50. The summed E-state index contributed by atoms with van der Waals surface area (Å²) in [5.41, 5.74) is 2.79. The van der Waals surface area contributed by atoms with E-state index in [1.54, 1.807) is 11.8 Å². The first-order valence-corrected chi connectivity index (χ1v) is 12.9. The summed E-state index contributed by atoms with van der Waals surface area (Å²) >= 11 is 0. The summed E-state index contributed by atoms with van der Waals surface area (Å²) in [5.74, 6) is -0.216. The summed E-state index contributed by atoms with van der Waals surface area (Å²) in [7, 11) is 0. The minimum absolute atomic E-state index is 0.00729. The van der Waals surface area contributed by atoms with Gasteiger partial charge in [0.25, 0.3) is 0 Å². The Morgan fingerprint density at radius 2 is 1.63 bits per heavy atom. The van der Waals surface area contributed by atoms with Crippen LogP contribution < -0.4 is 4.90 Å². The smallest absolute Gasteiger partial charge is 0.310 e. The average Bonchev–Trinajstić information content (AvgIpc) is 3.43. The Labute approximate surface area is 208 Å². The first-order valence-electron chi connectivity index (χ1n) is 12.9. The van der Waals surface area contributed by atoms with E-state index in [1.807, 2.05) is 59.5 Å². The van der Waals surface area contributed by atoms with Gasteiger partial charge < -0.3 is 14.5 Å². The van der Waals surface area contributed by atoms with Crippen LogP contribution in [0.3, 0.4) is 0 Å². The SMILES string of the molecule is CCOC(=O)[C@@H]1CCCN(C(=O)Cc2cccc(N(Cc3ccccc3)C(=O)C3CCCC3)c2)C1. The minimum atomic E-state index is -0.246. The van der Waals surface area contributed by atoms with E-state index in [-0.39, 0.29) is 36.0 Å². The van der Waals surface area contributed by atoms with Crippen molar-refractivity contribution in [3.8, 4) is 0 Å². The number of hydrogen-bond acceptors (Lipinski definition) is 4. The molecule has 1 aliphatic carbocycles. The fourth-order valence-corrected chi connectivity index (χ4v) is 5.23. The second-order valence-corrected chi connectivity index (χ2v) is 9.67. The lowest BCUT2D eigenvalue weighted by Crippen LogP contribution is -2.43. The highest BCUT2D eigenvalue weighted by atomic mass is 16.5. The molecular formula is C29H36N2O4. The van der Waals surface area contributed by atoms with Crippen molar-refractivity contribution in [2.45, 2.75) is 58.4 Å². The lowest BCUT2D eigenvalue weighted by atomic mass is 9.97. The van der Waals surface area contributed by atoms with Crippen molar-refractivity contribution < 1.29 is 19.1 Å². The van der Waals surface area contributed by atoms with Crippen LogP contribution in [0.5, 0.6) is 0 Å². The maximum Gasteiger partial charge on any atom is 0.310 e. The van der Waals surface area contributed by atoms with Gasteiger partial charge >= 0.3 is 5.97 Å². The molecule has 0 bridgehead atoms. The van der Waals surface area contributed by atoms with E-state index >= 15 is 0 Å². The van der Waals surface area contributed by atoms with E-state index in [1.165, 1.54) is 0 Å². The zero-order valence-electron chi connectivity index (χ0n) is 20.7. The standard InChI is InChI=1S/C29H36N2O4/c1-2-35-29(34)25-15-9-17-30(21-25)27(32)19-23-12-8-16-26(18-23)31(20-22-10-4-3-5-11-22)28(33)24-13-6-7-14-24/h3-5,8,10-12,16,18,24-25H,2,6-7,9,13-15,17,19-21H2,1H3/t25-/m1/s1. The molecular weight excluding hydrogens is 440 g/mol. The molecule has 2 amide bonds. The molecule has 4 rings (SSSR count). The molecule has 2 aromatic carbocycles. The molecule has 1 heterocycles. The second kappa shape index (κ2) is 12.0. The van der Waals surface area contributed by atoms with Crippen LogP contribution in [0.25, 0.3) is 0 Å². The van der Waals surface area contributed by atoms with Gasteiger partial charge in [-0.05, 0) is 55.9 Å². The van der Waals surface area contributed by atoms with E-state index < -0.39 is 0 Å². The Morgan fingerprint density at radius 1 is 0.914 bits per heavy atom. The Morgan fingerprint density at radius 3 is 2.37 bits per heavy atom. The average molecular weight is 477 g/mol. The summed E-state index contributed by atoms with van der Waals surface area (Å²) in [5, 5.41) is 0. The van der Waals surface area contributed by atoms with Crippen LogP contribution >= 0.6 is 0 Å². The number of nitrogens with zero attached hydrogens (tertiary/aromatic N) is 2. The zero-order chi connectivity index (χ0) is 24.6. The van der Waals surface area contributed by atoms with Crippen LogP contribution in [0.15, 0.2) is 54.6 Å². The molecule has 1 saturated heterocycles. The van der Waals surface area contributed by atoms with Crippen LogP contribution in [0.2, 0.25) is 0 Å². The Kier molecular flexibility index (Phi) is 8.56. The fourth-order valence-electron chi connectivity index (χ4n) is 5.23. The molecule has 2 aliphatic rings. The van der Waals surface area contributed by atoms with Crippen molar-refractivity contribution in [3.05, 3.63) is 65.7 Å². The summed E-state index contributed by atoms with van der Waals surface area (Å²) < 4.78 is 5.17. The summed E-state index contributed by atoms with van der Waals surface area (Å²) in [6.45, 7) is 3.75. The first kappa shape index (κ1) is 25.0. The number of carbonyl (C=O) groups excluding carboxylic acids is 3. The largest absolute Gasteiger partial charge is 0.466 e. The van der Waals surface area contributed by atoms with Crippen LogP contribution in [0, 0.1) is 11.8 Å². The predicted molar refractivity (Wildman–Crippen MR) is 136 cm³/mol. The van der Waals surface area contributed by atoms with Gasteiger partial charge in [-0.15, -0.1) is 0 Å². The van der Waals surface area contributed by atoms with Crippen LogP contribution in [0.4, 0.5) is 5.69 Å². The maximum absolute atomic E-state index is 13.5. The zero-order valence-corrected chi connectivity index (χ0v) is 20.7. The normalized spacial score (nSPS) is 18.3. The number of esters is 1. The Balaban J connectivity index is 1.48. The van der Waals surface area contributed by atoms with E-state index in [9.17, 15) is 14.4 Å². The maximum atomic E-state index is 13.5. The first-order chi connectivity index (χ1) is 17.0. The molecule has 1 saturated carbocycles. The Hall–Kier alpha value is -3.15. The highest BCUT2D eigenvalue weighted by Crippen LogP contribution is 2.30. The molecule has 1 aliphatic heterocycles. The Bertz CT molecular complexity index is 1020. The van der Waals surface area contributed by atoms with Crippen molar-refractivity contribution in [2.75, 3.05) is 24.6 Å². The van der Waals surface area contributed by atoms with Gasteiger partial charge in [0.2, 0.25) is 11.8 Å². The third-order valence-corrected chi connectivity index (χ3v) is 7.13. The highest BCUT2D eigenvalue weighted by Gasteiger charge is 2.30. The number of ether oxygens (including phenoxy) is 1. The fraction of sp³-hybridized carbons (Fsp3) is 0.483. The molecule has 6 nitrogen and oxygen atoms in total. The molecule has 2 aromatic rings. The van der Waals surface area contributed by atoms with Crippen LogP contribution in [0.1, 0.15) is 56.6 Å². The van der Waals surface area contributed by atoms with Gasteiger partial charge in [-0.3, -0.25) is 14.4 Å². The van der Waals surface area contributed by atoms with Gasteiger partial charge in [-0.2, -0.15) is 0 Å². The number of benzene rings is 2. The van der Waals surface area contributed by atoms with Crippen molar-refractivity contribution in [2.24, 2.45) is 11.8 Å². The third-order valence-electron chi connectivity index (χ3n) is 7.13. The van der Waals surface area contributed by atoms with Gasteiger partial charge in [-0.1, -0.05) is 55.3 Å². The molecule has 0 spiro atoms. The van der Waals surface area contributed by atoms with Crippen LogP contribution in [-0.2, 0) is 32.1 Å². The van der Waals surface area contributed by atoms with E-state index in [0.29, 0.717) is 26.2 Å². The van der Waals surface area contributed by atoms with Crippen molar-refractivity contribution >= 4 is 23.5 Å². The summed E-state index contributed by atoms with van der Waals surface area (Å²) in [6, 6.07) is 17.8. The topological polar surface area (TPSA) is 66.9 Å². The highest BCUT2D eigenvalue weighted by molar-refractivity contribution is 5.95. The molecule has 0 N–H and O–H groups in total. The van der Waals surface area contributed by atoms with Gasteiger partial charge in [0.05, 0.1) is 25.5 Å². The number of likely N-dealkylation sites (tertiary alicyclic amines) is 1. The monoisotopic (exact) mass is 476 g/mol. The van der Waals surface area contributed by atoms with E-state index in [4.69, 9.17) is 4.74 Å². The minimum Gasteiger partial charge on any atom is -0.466 e. The van der Waals surface area contributed by atoms with Gasteiger partial charge in [0.1, 0.15) is 0 Å². The van der Waals surface area contributed by atoms with Gasteiger partial charge in [-0.25, -0.2) is 0 Å². The molecule has 0 radical (unpaired) electrons. The number of rotatable bonds is 8. The summed E-state index contributed by atoms with van der Waals surface area (Å²) in [6.07, 6.45) is 5.91. The van der Waals surface area contributed by atoms with Crippen LogP contribution in [-0.4, -0.2) is 42.4 Å².